The van der Waals surface area contributed by atoms with Gasteiger partial charge in [0, 0.05) is 70.7 Å². The number of benzene rings is 3. The maximum absolute atomic E-state index is 12.3. The van der Waals surface area contributed by atoms with Crippen LogP contribution in [-0.4, -0.2) is 35.4 Å². The molecule has 0 radical (unpaired) electrons. The average molecular weight is 733 g/mol. The number of nitrogens with zero attached hydrogens (tertiary/aromatic N) is 5. The van der Waals surface area contributed by atoms with Crippen LogP contribution in [0.15, 0.2) is 122 Å². The summed E-state index contributed by atoms with van der Waals surface area (Å²) < 4.78 is 9.20. The van der Waals surface area contributed by atoms with E-state index < -0.39 is 10.9 Å². The summed E-state index contributed by atoms with van der Waals surface area (Å²) in [7, 11) is 0. The summed E-state index contributed by atoms with van der Waals surface area (Å²) in [6, 6.07) is 28.3. The highest BCUT2D eigenvalue weighted by Gasteiger charge is 2.24. The number of hydrogen-bond donors (Lipinski definition) is 0. The van der Waals surface area contributed by atoms with Crippen LogP contribution in [0.1, 0.15) is 30.4 Å². The van der Waals surface area contributed by atoms with Crippen LogP contribution in [0, 0.1) is 16.0 Å². The Balaban J connectivity index is 0.000000166. The van der Waals surface area contributed by atoms with Crippen molar-refractivity contribution < 1.29 is 19.2 Å². The molecule has 0 atom stereocenters. The maximum atomic E-state index is 12.3. The zero-order valence-electron chi connectivity index (χ0n) is 27.7. The highest BCUT2D eigenvalue weighted by molar-refractivity contribution is 6.31. The van der Waals surface area contributed by atoms with Crippen LogP contribution < -0.4 is 4.74 Å². The van der Waals surface area contributed by atoms with Crippen molar-refractivity contribution in [2.24, 2.45) is 5.92 Å². The minimum absolute atomic E-state index is 0.0629. The van der Waals surface area contributed by atoms with Gasteiger partial charge < -0.3 is 4.74 Å². The number of nitro groups is 1. The van der Waals surface area contributed by atoms with Crippen LogP contribution in [0.4, 0.5) is 5.69 Å². The maximum Gasteiger partial charge on any atom is 0.315 e. The minimum atomic E-state index is -0.509. The Labute approximate surface area is 308 Å². The third kappa shape index (κ3) is 8.37. The predicted octanol–water partition coefficient (Wildman–Crippen LogP) is 9.28. The molecule has 1 fully saturated rings. The molecule has 1 aliphatic carbocycles. The number of pyridine rings is 2. The minimum Gasteiger partial charge on any atom is -0.426 e. The second kappa shape index (κ2) is 15.2. The summed E-state index contributed by atoms with van der Waals surface area (Å²) in [6.45, 7) is 0. The smallest absolute Gasteiger partial charge is 0.315 e. The number of non-ortho nitro benzene ring substituents is 1. The number of rotatable bonds is 10. The second-order valence-corrected chi connectivity index (χ2v) is 13.5. The number of fused-ring (bicyclic) bond motifs is 2. The Kier molecular flexibility index (Phi) is 10.1. The lowest BCUT2D eigenvalue weighted by atomic mass is 10.0. The average Bonchev–Trinajstić information content (AvgIpc) is 3.68. The van der Waals surface area contributed by atoms with Gasteiger partial charge in [-0.3, -0.25) is 28.5 Å². The molecule has 0 saturated heterocycles. The molecular formula is C40H31Cl2N5O5. The van der Waals surface area contributed by atoms with Gasteiger partial charge in [0.05, 0.1) is 35.1 Å². The van der Waals surface area contributed by atoms with E-state index in [-0.39, 0.29) is 17.9 Å². The largest absolute Gasteiger partial charge is 0.426 e. The number of carbonyl (C=O) groups excluding carboxylic acids is 2. The number of carbonyl (C=O) groups is 2. The molecule has 4 heterocycles. The Hall–Kier alpha value is -5.84. The quantitative estimate of drug-likeness (QED) is 0.0595. The molecule has 12 heteroatoms. The molecule has 7 aromatic rings. The predicted molar refractivity (Wildman–Crippen MR) is 200 cm³/mol. The Bertz CT molecular complexity index is 2440. The monoisotopic (exact) mass is 731 g/mol. The van der Waals surface area contributed by atoms with Crippen LogP contribution in [0.3, 0.4) is 0 Å². The highest BCUT2D eigenvalue weighted by atomic mass is 35.5. The van der Waals surface area contributed by atoms with Gasteiger partial charge in [-0.1, -0.05) is 59.6 Å². The van der Waals surface area contributed by atoms with Gasteiger partial charge in [0.1, 0.15) is 22.8 Å². The van der Waals surface area contributed by atoms with E-state index in [0.717, 1.165) is 51.4 Å². The molecule has 0 amide bonds. The van der Waals surface area contributed by atoms with E-state index in [1.54, 1.807) is 18.3 Å². The lowest BCUT2D eigenvalue weighted by Crippen LogP contribution is -2.11. The number of nitro benzene ring substituents is 1. The van der Waals surface area contributed by atoms with E-state index >= 15 is 0 Å². The normalized spacial score (nSPS) is 12.3. The van der Waals surface area contributed by atoms with Gasteiger partial charge in [0.25, 0.3) is 5.69 Å². The van der Waals surface area contributed by atoms with Crippen molar-refractivity contribution >= 4 is 51.9 Å². The van der Waals surface area contributed by atoms with Crippen LogP contribution in [0.5, 0.6) is 5.75 Å². The van der Waals surface area contributed by atoms with Crippen LogP contribution in [0.25, 0.3) is 33.8 Å². The summed E-state index contributed by atoms with van der Waals surface area (Å²) >= 11 is 12.0. The summed E-state index contributed by atoms with van der Waals surface area (Å²) in [4.78, 5) is 43.3. The second-order valence-electron chi connectivity index (χ2n) is 12.6. The van der Waals surface area contributed by atoms with E-state index in [0.29, 0.717) is 28.2 Å². The van der Waals surface area contributed by atoms with Crippen molar-refractivity contribution in [3.8, 4) is 28.3 Å². The Morgan fingerprint density at radius 2 is 1.29 bits per heavy atom. The van der Waals surface area contributed by atoms with Gasteiger partial charge in [-0.05, 0) is 66.3 Å². The fraction of sp³-hybridized carbons (Fsp3) is 0.150. The molecule has 1 saturated carbocycles. The molecule has 3 aromatic carbocycles. The third-order valence-electron chi connectivity index (χ3n) is 8.64. The highest BCUT2D eigenvalue weighted by Crippen LogP contribution is 2.33. The van der Waals surface area contributed by atoms with Gasteiger partial charge in [-0.15, -0.1) is 0 Å². The number of Topliss-reactive ketones (excluding diaryl/α,β-unsaturated/α-hetero) is 1. The van der Waals surface area contributed by atoms with E-state index in [4.69, 9.17) is 27.9 Å². The molecule has 260 valence electrons. The molecule has 0 aliphatic heterocycles. The van der Waals surface area contributed by atoms with Gasteiger partial charge in [0.2, 0.25) is 0 Å². The number of imidazole rings is 2. The van der Waals surface area contributed by atoms with E-state index in [2.05, 4.69) is 16.0 Å². The van der Waals surface area contributed by atoms with Crippen molar-refractivity contribution in [1.29, 1.82) is 0 Å². The number of halogens is 2. The molecule has 0 N–H and O–H groups in total. The Morgan fingerprint density at radius 1 is 0.750 bits per heavy atom. The number of esters is 1. The van der Waals surface area contributed by atoms with Gasteiger partial charge >= 0.3 is 5.97 Å². The number of hydrogen-bond acceptors (Lipinski definition) is 7. The van der Waals surface area contributed by atoms with Crippen molar-refractivity contribution in [3.63, 3.8) is 0 Å². The van der Waals surface area contributed by atoms with Crippen molar-refractivity contribution in [2.45, 2.75) is 32.1 Å². The Morgan fingerprint density at radius 3 is 1.81 bits per heavy atom. The molecule has 10 nitrogen and oxygen atoms in total. The molecule has 4 aromatic heterocycles. The number of ketones is 1. The van der Waals surface area contributed by atoms with Crippen LogP contribution in [0.2, 0.25) is 10.0 Å². The molecule has 0 bridgehead atoms. The first-order chi connectivity index (χ1) is 25.2. The number of ether oxygens (including phenoxy) is 1. The topological polar surface area (TPSA) is 121 Å². The molecular weight excluding hydrogens is 701 g/mol. The van der Waals surface area contributed by atoms with Crippen molar-refractivity contribution in [3.05, 3.63) is 153 Å². The van der Waals surface area contributed by atoms with Crippen molar-refractivity contribution in [1.82, 2.24) is 18.8 Å². The summed E-state index contributed by atoms with van der Waals surface area (Å²) in [6.07, 6.45) is 11.1. The zero-order chi connectivity index (χ0) is 36.2. The standard InChI is InChI=1S/C21H14ClN3O4.C19H17ClN2O/c22-16-8-9-24-19(13-23-20(24)12-16)15-3-1-2-14(10-15)11-21(26)29-18-6-4-17(5-7-18)25(27)28;20-16-6-7-22-18(12-21-19(22)11-16)15-3-1-2-14(8-15)10-17(23)9-13-4-5-13/h1-10,12-13H,11H2;1-3,6-8,11-13H,4-5,9-10H2. The summed E-state index contributed by atoms with van der Waals surface area (Å²) in [5.41, 5.74) is 7.19. The molecule has 1 aliphatic rings. The van der Waals surface area contributed by atoms with E-state index in [1.807, 2.05) is 82.0 Å². The summed E-state index contributed by atoms with van der Waals surface area (Å²) in [5.74, 6) is 0.792. The SMILES string of the molecule is O=C(Cc1cccc(-c2cnc3cc(Cl)ccn23)c1)CC1CC1.O=C(Cc1cccc(-c2cnc3cc(Cl)ccn23)c1)Oc1ccc([N+](=O)[O-])cc1. The van der Waals surface area contributed by atoms with Crippen LogP contribution in [-0.2, 0) is 22.4 Å². The fourth-order valence-corrected chi connectivity index (χ4v) is 6.24. The molecule has 0 unspecified atom stereocenters. The first-order valence-corrected chi connectivity index (χ1v) is 17.3. The van der Waals surface area contributed by atoms with Gasteiger partial charge in [0.15, 0.2) is 0 Å². The van der Waals surface area contributed by atoms with E-state index in [1.165, 1.54) is 37.1 Å². The molecule has 52 heavy (non-hydrogen) atoms. The molecule has 8 rings (SSSR count). The lowest BCUT2D eigenvalue weighted by Gasteiger charge is -2.07. The van der Waals surface area contributed by atoms with Crippen molar-refractivity contribution in [2.75, 3.05) is 0 Å². The number of aromatic nitrogens is 4. The first-order valence-electron chi connectivity index (χ1n) is 16.6. The first kappa shape index (κ1) is 34.6. The van der Waals surface area contributed by atoms with E-state index in [9.17, 15) is 19.7 Å². The summed E-state index contributed by atoms with van der Waals surface area (Å²) in [5, 5.41) is 12.0. The zero-order valence-corrected chi connectivity index (χ0v) is 29.2. The van der Waals surface area contributed by atoms with Gasteiger partial charge in [-0.25, -0.2) is 9.97 Å². The third-order valence-corrected chi connectivity index (χ3v) is 9.11. The molecule has 0 spiro atoms. The van der Waals surface area contributed by atoms with Gasteiger partial charge in [-0.2, -0.15) is 0 Å². The van der Waals surface area contributed by atoms with Crippen LogP contribution >= 0.6 is 23.2 Å². The fourth-order valence-electron chi connectivity index (χ4n) is 5.93. The lowest BCUT2D eigenvalue weighted by molar-refractivity contribution is -0.384.